The molecule has 0 unspecified atom stereocenters. The van der Waals surface area contributed by atoms with Gasteiger partial charge in [-0.3, -0.25) is 0 Å². The van der Waals surface area contributed by atoms with E-state index in [2.05, 4.69) is 252 Å². The first-order chi connectivity index (χ1) is 40.7. The SMILES string of the molecule is [2H]C([2H])(c1cc(-n2c3[c-]c(Oc4[c-]c(N5[CH-]N(c6c(-c7cc(C(C)(C)C)cc(C(C)(C)C)c7)cccc6-c6cc(C(C)(C)C)cc(C(C)(C)C)c6)c6ccccc65)cc(C(C)(C)C)c4)ccc3c3c4oc5ccccc5c4ccc32)ncc1C)C(C)C.[Pt]. The van der Waals surface area contributed by atoms with E-state index in [0.29, 0.717) is 22.9 Å². The molecular weight excluding hydrogens is 1230 g/mol. The number of hydrogen-bond donors (Lipinski definition) is 0. The van der Waals surface area contributed by atoms with Gasteiger partial charge in [-0.05, 0) is 133 Å². The number of benzene rings is 8. The molecule has 86 heavy (non-hydrogen) atoms. The molecule has 1 aliphatic heterocycles. The van der Waals surface area contributed by atoms with Crippen molar-refractivity contribution in [1.29, 1.82) is 0 Å². The number of para-hydroxylation sites is 4. The number of aromatic nitrogens is 2. The van der Waals surface area contributed by atoms with Crippen LogP contribution in [-0.2, 0) is 54.5 Å². The molecule has 8 aromatic carbocycles. The zero-order chi connectivity index (χ0) is 62.2. The fourth-order valence-electron chi connectivity index (χ4n) is 11.9. The van der Waals surface area contributed by atoms with Gasteiger partial charge in [0.1, 0.15) is 17.0 Å². The van der Waals surface area contributed by atoms with Crippen LogP contribution in [0.25, 0.3) is 71.8 Å². The Kier molecular flexibility index (Phi) is 14.6. The second-order valence-corrected chi connectivity index (χ2v) is 29.1. The molecule has 7 heteroatoms. The van der Waals surface area contributed by atoms with Gasteiger partial charge in [0, 0.05) is 86.0 Å². The number of hydrogen-bond acceptors (Lipinski definition) is 5. The predicted octanol–water partition coefficient (Wildman–Crippen LogP) is 22.2. The second-order valence-electron chi connectivity index (χ2n) is 29.1. The molecule has 4 heterocycles. The van der Waals surface area contributed by atoms with E-state index in [0.717, 1.165) is 88.7 Å². The quantitative estimate of drug-likeness (QED) is 0.135. The van der Waals surface area contributed by atoms with Crippen LogP contribution in [0.3, 0.4) is 0 Å². The normalized spacial score (nSPS) is 13.9. The summed E-state index contributed by atoms with van der Waals surface area (Å²) >= 11 is 0. The van der Waals surface area contributed by atoms with E-state index in [1.54, 1.807) is 6.20 Å². The summed E-state index contributed by atoms with van der Waals surface area (Å²) in [5.41, 5.74) is 18.9. The summed E-state index contributed by atoms with van der Waals surface area (Å²) in [6.07, 6.45) is 0.181. The van der Waals surface area contributed by atoms with Crippen LogP contribution in [0.2, 0.25) is 0 Å². The molecule has 0 atom stereocenters. The van der Waals surface area contributed by atoms with E-state index in [1.165, 1.54) is 33.4 Å². The molecule has 6 nitrogen and oxygen atoms in total. The molecule has 11 aromatic rings. The summed E-state index contributed by atoms with van der Waals surface area (Å²) in [4.78, 5) is 9.70. The smallest absolute Gasteiger partial charge is 0.135 e. The molecule has 444 valence electrons. The minimum atomic E-state index is -1.60. The molecule has 12 rings (SSSR count). The molecule has 0 aliphatic carbocycles. The van der Waals surface area contributed by atoms with Gasteiger partial charge in [-0.15, -0.1) is 48.3 Å². The minimum Gasteiger partial charge on any atom is -0.509 e. The molecule has 0 N–H and O–H groups in total. The number of rotatable bonds is 9. The first-order valence-corrected chi connectivity index (χ1v) is 30.3. The Labute approximate surface area is 528 Å². The first-order valence-electron chi connectivity index (χ1n) is 31.3. The van der Waals surface area contributed by atoms with E-state index in [4.69, 9.17) is 14.1 Å². The largest absolute Gasteiger partial charge is 0.509 e. The van der Waals surface area contributed by atoms with Crippen LogP contribution in [0.1, 0.15) is 159 Å². The van der Waals surface area contributed by atoms with Crippen molar-refractivity contribution in [2.75, 3.05) is 9.80 Å². The van der Waals surface area contributed by atoms with Crippen molar-refractivity contribution in [3.05, 3.63) is 210 Å². The third-order valence-electron chi connectivity index (χ3n) is 17.0. The van der Waals surface area contributed by atoms with E-state index in [9.17, 15) is 2.74 Å². The standard InChI is InChI=1S/C79H83N4O2.Pt/c1-48(2)34-50-39-71(80-46-49(50)3)83-68-33-32-64-63-24-19-22-29-70(63)85-74(64)72(68)65-31-30-59(45-69(65)83)84-60-43-57(79(16,17)18)42-58(44-60)81-47-82(67-28-21-20-27-66(67)81)73-61(51-35-53(75(4,5)6)40-54(36-51)76(7,8)9)25-23-26-62(73)52-37-55(77(10,11)12)41-56(38-52)78(13,14)15;/h19-33,35-43,46-48H,34H2,1-18H3;/q-3;/i34D2;. The van der Waals surface area contributed by atoms with Crippen LogP contribution in [0.5, 0.6) is 11.5 Å². The number of ether oxygens (including phenoxy) is 1. The van der Waals surface area contributed by atoms with Gasteiger partial charge in [-0.2, -0.15) is 6.07 Å². The van der Waals surface area contributed by atoms with Gasteiger partial charge in [-0.1, -0.05) is 214 Å². The zero-order valence-electron chi connectivity index (χ0n) is 55.5. The van der Waals surface area contributed by atoms with Crippen LogP contribution < -0.4 is 14.5 Å². The number of fused-ring (bicyclic) bond motifs is 8. The van der Waals surface area contributed by atoms with Crippen molar-refractivity contribution >= 4 is 66.5 Å². The molecule has 0 amide bonds. The van der Waals surface area contributed by atoms with Crippen molar-refractivity contribution in [2.24, 2.45) is 5.92 Å². The Morgan fingerprint density at radius 3 is 1.66 bits per heavy atom. The van der Waals surface area contributed by atoms with Crippen LogP contribution >= 0.6 is 0 Å². The van der Waals surface area contributed by atoms with Crippen molar-refractivity contribution < 1.29 is 33.0 Å². The van der Waals surface area contributed by atoms with Crippen LogP contribution in [-0.4, -0.2) is 9.55 Å². The first kappa shape index (κ1) is 57.7. The molecule has 1 aliphatic rings. The van der Waals surface area contributed by atoms with Gasteiger partial charge in [0.2, 0.25) is 0 Å². The average molecular weight is 1320 g/mol. The molecule has 0 spiro atoms. The predicted molar refractivity (Wildman–Crippen MR) is 359 cm³/mol. The zero-order valence-corrected chi connectivity index (χ0v) is 55.8. The summed E-state index contributed by atoms with van der Waals surface area (Å²) in [5.74, 6) is 1.36. The average Bonchev–Trinajstić information content (AvgIpc) is 1.60. The van der Waals surface area contributed by atoms with Gasteiger partial charge in [0.05, 0.1) is 0 Å². The molecule has 0 saturated carbocycles. The van der Waals surface area contributed by atoms with Gasteiger partial charge < -0.3 is 23.5 Å². The fraction of sp³-hybridized carbons (Fsp3) is 0.316. The number of pyridine rings is 1. The Morgan fingerprint density at radius 2 is 1.09 bits per heavy atom. The minimum absolute atomic E-state index is 0. The van der Waals surface area contributed by atoms with E-state index < -0.39 is 6.37 Å². The fourth-order valence-corrected chi connectivity index (χ4v) is 11.9. The maximum Gasteiger partial charge on any atom is 0.135 e. The third kappa shape index (κ3) is 11.2. The Bertz CT molecular complexity index is 4370. The van der Waals surface area contributed by atoms with Gasteiger partial charge in [0.25, 0.3) is 0 Å². The molecule has 0 fully saturated rings. The molecule has 0 bridgehead atoms. The number of anilines is 4. The van der Waals surface area contributed by atoms with Crippen molar-refractivity contribution in [3.8, 4) is 39.6 Å². The number of furan rings is 1. The van der Waals surface area contributed by atoms with Crippen molar-refractivity contribution in [1.82, 2.24) is 9.55 Å². The van der Waals surface area contributed by atoms with E-state index >= 15 is 0 Å². The maximum absolute atomic E-state index is 9.24. The molecule has 0 saturated heterocycles. The number of nitrogens with zero attached hydrogens (tertiary/aromatic N) is 4. The van der Waals surface area contributed by atoms with Crippen LogP contribution in [0.4, 0.5) is 22.7 Å². The van der Waals surface area contributed by atoms with Gasteiger partial charge in [-0.25, -0.2) is 4.98 Å². The maximum atomic E-state index is 9.24. The molecule has 3 aromatic heterocycles. The van der Waals surface area contributed by atoms with E-state index in [-0.39, 0.29) is 54.1 Å². The van der Waals surface area contributed by atoms with E-state index in [1.807, 2.05) is 51.1 Å². The monoisotopic (exact) mass is 1320 g/mol. The Hall–Kier alpha value is -7.40. The summed E-state index contributed by atoms with van der Waals surface area (Å²) in [5, 5.41) is 3.89. The summed E-state index contributed by atoms with van der Waals surface area (Å²) in [6.45, 7) is 42.5. The topological polar surface area (TPSA) is 46.7 Å². The Morgan fingerprint density at radius 1 is 0.558 bits per heavy atom. The second kappa shape index (κ2) is 21.8. The van der Waals surface area contributed by atoms with Crippen molar-refractivity contribution in [3.63, 3.8) is 0 Å². The van der Waals surface area contributed by atoms with Gasteiger partial charge in [0.15, 0.2) is 0 Å². The summed E-state index contributed by atoms with van der Waals surface area (Å²) in [7, 11) is 0. The van der Waals surface area contributed by atoms with Crippen molar-refractivity contribution in [2.45, 2.75) is 158 Å². The third-order valence-corrected chi connectivity index (χ3v) is 17.0. The van der Waals surface area contributed by atoms with Crippen LogP contribution in [0, 0.1) is 31.6 Å². The Balaban J connectivity index is 0.00000800. The summed E-state index contributed by atoms with van der Waals surface area (Å²) in [6, 6.07) is 60.3. The summed E-state index contributed by atoms with van der Waals surface area (Å²) < 4.78 is 34.4. The molecule has 0 radical (unpaired) electrons. The van der Waals surface area contributed by atoms with Gasteiger partial charge >= 0.3 is 0 Å². The van der Waals surface area contributed by atoms with Crippen LogP contribution in [0.15, 0.2) is 156 Å². The number of aryl methyl sites for hydroxylation is 1. The molecular formula is C79H83N4O2Pt-3.